The van der Waals surface area contributed by atoms with Crippen molar-refractivity contribution >= 4 is 155 Å². The molecule has 44 nitrogen and oxygen atoms in total. The molecule has 0 radical (unpaired) electrons. The van der Waals surface area contributed by atoms with Gasteiger partial charge in [-0.05, 0) is 169 Å². The molecule has 2 aliphatic heterocycles. The highest BCUT2D eigenvalue weighted by atomic mass is 33.1. The van der Waals surface area contributed by atoms with Crippen molar-refractivity contribution < 1.29 is 106 Å². The maximum atomic E-state index is 16.3. The number of rotatable bonds is 47. The zero-order chi connectivity index (χ0) is 107. The van der Waals surface area contributed by atoms with Crippen molar-refractivity contribution in [2.75, 3.05) is 39.5 Å². The molecule has 0 spiro atoms. The number of para-hydroxylation sites is 1. The van der Waals surface area contributed by atoms with E-state index in [2.05, 4.69) is 84.7 Å². The SMILES string of the molecule is CC(=O)NCCCCC(NC(=O)C1(NC(=O)C(Cc2ccc3ccccc3c2)NC(=O)C(Cc2ccc(OCCN)cc2)NC(=O)C2NC(=O)C(CCC(N)=O)NC(=O)C(Cc3c[nH]c4ccccc34)NC(=O)C(C(C)O)NC(=O)C(CC(N)=O)NC(=O)C(NC(C)=O)C(C)(C)SSC2(C)C)CCOCC1)C(=O)NC(CC(N)=O)C(=O)NC(CC(N)=O)C(=O)NC(CCCCNC1CCC(C2CCCCCC2)CC1)C(N)=O. The number of hydrogen-bond acceptors (Lipinski definition) is 26. The van der Waals surface area contributed by atoms with Gasteiger partial charge in [0, 0.05) is 111 Å². The Morgan fingerprint density at radius 1 is 0.524 bits per heavy atom. The number of aliphatic hydroxyl groups excluding tert-OH is 1. The molecular formula is C101H146N22O22S2. The van der Waals surface area contributed by atoms with Crippen LogP contribution in [0.15, 0.2) is 97.2 Å². The molecule has 2 saturated carbocycles. The average Bonchev–Trinajstić information content (AvgIpc) is 1.71. The van der Waals surface area contributed by atoms with Gasteiger partial charge in [0.2, 0.25) is 112 Å². The molecule has 147 heavy (non-hydrogen) atoms. The van der Waals surface area contributed by atoms with Crippen LogP contribution in [0.5, 0.6) is 5.75 Å². The molecule has 13 atom stereocenters. The first kappa shape index (κ1) is 118. The van der Waals surface area contributed by atoms with Gasteiger partial charge >= 0.3 is 0 Å². The first-order valence-corrected chi connectivity index (χ1v) is 52.4. The van der Waals surface area contributed by atoms with E-state index in [0.717, 1.165) is 65.5 Å². The van der Waals surface area contributed by atoms with Crippen LogP contribution in [-0.2, 0) is 115 Å². The van der Waals surface area contributed by atoms with E-state index in [1.807, 2.05) is 6.07 Å². The third-order valence-corrected chi connectivity index (χ3v) is 31.2. The summed E-state index contributed by atoms with van der Waals surface area (Å²) in [6.45, 7) is 9.96. The summed E-state index contributed by atoms with van der Waals surface area (Å²) in [4.78, 5) is 276. The van der Waals surface area contributed by atoms with E-state index in [9.17, 15) is 62.6 Å². The van der Waals surface area contributed by atoms with E-state index in [1.165, 1.54) is 86.0 Å². The fraction of sp³-hybridized carbons (Fsp3) is 0.574. The predicted molar refractivity (Wildman–Crippen MR) is 550 cm³/mol. The lowest BCUT2D eigenvalue weighted by Crippen LogP contribution is -2.67. The Morgan fingerprint density at radius 2 is 1.07 bits per heavy atom. The Balaban J connectivity index is 1.04. The number of hydrogen-bond donors (Lipinski definition) is 23. The van der Waals surface area contributed by atoms with Gasteiger partial charge in [0.25, 0.3) is 0 Å². The van der Waals surface area contributed by atoms with Crippen LogP contribution in [-0.4, -0.2) is 261 Å². The molecule has 2 saturated heterocycles. The molecule has 29 N–H and O–H groups in total. The van der Waals surface area contributed by atoms with Crippen LogP contribution in [0, 0.1) is 11.8 Å². The van der Waals surface area contributed by atoms with Gasteiger partial charge in [-0.1, -0.05) is 133 Å². The smallest absolute Gasteiger partial charge is 0.246 e. The average molecular weight is 2080 g/mol. The topological polar surface area (TPSA) is 715 Å². The fourth-order valence-corrected chi connectivity index (χ4v) is 21.5. The molecule has 1 aromatic heterocycles. The normalized spacial score (nSPS) is 21.5. The number of nitrogens with two attached hydrogens (primary N) is 6. The summed E-state index contributed by atoms with van der Waals surface area (Å²) in [5, 5.41) is 53.5. The number of benzene rings is 4. The number of H-pyrrole nitrogens is 1. The van der Waals surface area contributed by atoms with E-state index >= 15 is 33.6 Å². The standard InChI is InChI=1S/C101H146N22O22S2/c1-56(124)83-95(140)117-75(51-65-55-110-69-25-15-14-24-68(65)69)90(135)113-72(38-39-79(103)127)88(133)122-85(100(6,7)147-146-99(4,5)84(111-58(3)126)96(141)119-78(54-82(106)130)93(138)121-83)97(142)118-73(49-59-29-36-67(37-30-59)145-47-42-102)89(134)114-74(50-60-28-31-62-22-12-13-23-64(62)48-60)94(139)123-101(40-45-144-46-41-101)98(143)120-71(27-17-18-43-108-57(2)125)87(132)115-77(53-81(105)129)92(137)116-76(52-80(104)128)91(136)112-70(86(107)131)26-16-19-44-109-66-34-32-63(33-35-66)61-20-10-8-9-11-21-61/h12-15,22-25,28-31,36-37,48,55-56,61,63,66,70-78,83-85,109-110,124H,8-11,16-21,26-27,32-35,38-47,49-54,102H2,1-7H3,(H2,103,127)(H2,104,128)(H2,105,129)(H2,106,130)(H2,107,131)(H,108,125)(H,111,126)(H,112,136)(H,113,135)(H,114,134)(H,115,132)(H,116,137)(H,117,140)(H,118,142)(H,119,141)(H,120,143)(H,121,138)(H,122,133)(H,123,139). The Labute approximate surface area is 861 Å². The van der Waals surface area contributed by atoms with Crippen LogP contribution in [0.3, 0.4) is 0 Å². The summed E-state index contributed by atoms with van der Waals surface area (Å²) >= 11 is 0. The molecule has 4 aromatic carbocycles. The quantitative estimate of drug-likeness (QED) is 0.0133. The van der Waals surface area contributed by atoms with Gasteiger partial charge in [-0.3, -0.25) is 91.1 Å². The van der Waals surface area contributed by atoms with Gasteiger partial charge < -0.3 is 134 Å². The lowest BCUT2D eigenvalue weighted by atomic mass is 9.75. The summed E-state index contributed by atoms with van der Waals surface area (Å²) in [5.74, 6) is -18.1. The maximum Gasteiger partial charge on any atom is 0.246 e. The molecule has 13 unspecified atom stereocenters. The van der Waals surface area contributed by atoms with Gasteiger partial charge in [0.05, 0.1) is 25.4 Å². The van der Waals surface area contributed by atoms with Crippen molar-refractivity contribution in [2.24, 2.45) is 46.2 Å². The molecule has 4 aliphatic rings. The molecule has 3 heterocycles. The third kappa shape index (κ3) is 36.8. The maximum absolute atomic E-state index is 16.3. The summed E-state index contributed by atoms with van der Waals surface area (Å²) in [6.07, 6.45) is 7.50. The van der Waals surface area contributed by atoms with E-state index in [0.29, 0.717) is 64.2 Å². The summed E-state index contributed by atoms with van der Waals surface area (Å²) < 4.78 is 8.28. The van der Waals surface area contributed by atoms with Crippen LogP contribution >= 0.6 is 21.6 Å². The van der Waals surface area contributed by atoms with E-state index in [4.69, 9.17) is 43.9 Å². The monoisotopic (exact) mass is 2080 g/mol. The van der Waals surface area contributed by atoms with Crippen molar-refractivity contribution in [1.29, 1.82) is 0 Å². The molecule has 19 amide bonds. The molecule has 4 fully saturated rings. The molecule has 2 aliphatic carbocycles. The van der Waals surface area contributed by atoms with Crippen molar-refractivity contribution in [3.63, 3.8) is 0 Å². The Bertz CT molecular complexity index is 5450. The summed E-state index contributed by atoms with van der Waals surface area (Å²) in [5.41, 5.74) is 34.1. The number of nitrogens with one attached hydrogen (secondary N) is 16. The lowest BCUT2D eigenvalue weighted by Gasteiger charge is -2.39. The fourth-order valence-electron chi connectivity index (χ4n) is 18.7. The van der Waals surface area contributed by atoms with Crippen LogP contribution in [0.1, 0.15) is 213 Å². The number of carbonyl (C=O) groups excluding carboxylic acids is 19. The van der Waals surface area contributed by atoms with Crippen molar-refractivity contribution in [2.45, 2.75) is 315 Å². The van der Waals surface area contributed by atoms with Crippen LogP contribution in [0.2, 0.25) is 0 Å². The van der Waals surface area contributed by atoms with Gasteiger partial charge in [-0.15, -0.1) is 0 Å². The van der Waals surface area contributed by atoms with E-state index < -0.39 is 238 Å². The minimum atomic E-state index is -2.06. The van der Waals surface area contributed by atoms with Crippen LogP contribution in [0.25, 0.3) is 21.7 Å². The number of aliphatic hydroxyl groups is 1. The second-order valence-electron chi connectivity index (χ2n) is 39.5. The molecule has 804 valence electrons. The Kier molecular flexibility index (Phi) is 45.4. The first-order chi connectivity index (χ1) is 69.8. The van der Waals surface area contributed by atoms with Gasteiger partial charge in [0.1, 0.15) is 90.4 Å². The number of carbonyl (C=O) groups is 19. The lowest BCUT2D eigenvalue weighted by molar-refractivity contribution is -0.141. The van der Waals surface area contributed by atoms with Crippen molar-refractivity contribution in [3.05, 3.63) is 114 Å². The van der Waals surface area contributed by atoms with Crippen LogP contribution < -0.4 is 119 Å². The zero-order valence-electron chi connectivity index (χ0n) is 84.4. The largest absolute Gasteiger partial charge is 0.492 e. The number of aromatic amines is 1. The minimum Gasteiger partial charge on any atom is -0.492 e. The van der Waals surface area contributed by atoms with Crippen molar-refractivity contribution in [1.82, 2.24) is 84.7 Å². The first-order valence-electron chi connectivity index (χ1n) is 50.2. The second-order valence-corrected chi connectivity index (χ2v) is 43.0. The molecule has 9 rings (SSSR count). The van der Waals surface area contributed by atoms with Gasteiger partial charge in [0.15, 0.2) is 0 Å². The molecule has 5 aromatic rings. The van der Waals surface area contributed by atoms with Gasteiger partial charge in [-0.25, -0.2) is 0 Å². The molecule has 0 bridgehead atoms. The van der Waals surface area contributed by atoms with Gasteiger partial charge in [-0.2, -0.15) is 0 Å². The second kappa shape index (κ2) is 56.8. The zero-order valence-corrected chi connectivity index (χ0v) is 86.0. The van der Waals surface area contributed by atoms with Crippen molar-refractivity contribution in [3.8, 4) is 5.75 Å². The number of aromatic nitrogens is 1. The minimum absolute atomic E-state index is 0.0718. The van der Waals surface area contributed by atoms with E-state index in [-0.39, 0.29) is 90.2 Å². The highest BCUT2D eigenvalue weighted by Gasteiger charge is 2.49. The number of unbranched alkanes of at least 4 members (excludes halogenated alkanes) is 2. The molecular weight excluding hydrogens is 1940 g/mol. The Morgan fingerprint density at radius 3 is 1.68 bits per heavy atom. The molecule has 46 heteroatoms. The number of ether oxygens (including phenoxy) is 2. The highest BCUT2D eigenvalue weighted by molar-refractivity contribution is 8.77. The Hall–Kier alpha value is -13.0. The highest BCUT2D eigenvalue weighted by Crippen LogP contribution is 2.47. The predicted octanol–water partition coefficient (Wildman–Crippen LogP) is -0.505. The number of fused-ring (bicyclic) bond motifs is 2. The number of amides is 19. The summed E-state index contributed by atoms with van der Waals surface area (Å²) in [6, 6.07) is 4.52. The van der Waals surface area contributed by atoms with Crippen LogP contribution in [0.4, 0.5) is 0 Å². The third-order valence-electron chi connectivity index (χ3n) is 26.9. The van der Waals surface area contributed by atoms with E-state index in [1.54, 1.807) is 91.1 Å². The number of primary amides is 5. The summed E-state index contributed by atoms with van der Waals surface area (Å²) in [7, 11) is 1.71.